The van der Waals surface area contributed by atoms with Crippen LogP contribution >= 0.6 is 22.9 Å². The fraction of sp³-hybridized carbons (Fsp3) is 0.250. The van der Waals surface area contributed by atoms with E-state index in [-0.39, 0.29) is 6.04 Å². The summed E-state index contributed by atoms with van der Waals surface area (Å²) in [5, 5.41) is 3.30. The first-order chi connectivity index (χ1) is 7.72. The summed E-state index contributed by atoms with van der Waals surface area (Å²) in [7, 11) is 1.95. The van der Waals surface area contributed by atoms with Gasteiger partial charge in [0.05, 0.1) is 10.4 Å². The lowest BCUT2D eigenvalue weighted by Crippen LogP contribution is -2.17. The first-order valence-corrected chi connectivity index (χ1v) is 6.25. The van der Waals surface area contributed by atoms with Gasteiger partial charge in [-0.1, -0.05) is 11.6 Å². The van der Waals surface area contributed by atoms with E-state index in [1.165, 1.54) is 16.0 Å². The number of nitrogens with zero attached hydrogens (tertiary/aromatic N) is 1. The predicted molar refractivity (Wildman–Crippen MR) is 69.2 cm³/mol. The second kappa shape index (κ2) is 4.95. The van der Waals surface area contributed by atoms with E-state index in [0.29, 0.717) is 0 Å². The zero-order valence-electron chi connectivity index (χ0n) is 9.20. The van der Waals surface area contributed by atoms with E-state index in [0.717, 1.165) is 4.34 Å². The standard InChI is InChI=1S/C12H13ClN2S/c1-8-5-6-15-7-9(8)12(14-2)10-3-4-11(13)16-10/h3-7,12,14H,1-2H3. The van der Waals surface area contributed by atoms with E-state index in [1.54, 1.807) is 11.3 Å². The quantitative estimate of drug-likeness (QED) is 0.906. The largest absolute Gasteiger partial charge is 0.309 e. The van der Waals surface area contributed by atoms with Gasteiger partial charge in [0.25, 0.3) is 0 Å². The molecule has 2 aromatic heterocycles. The van der Waals surface area contributed by atoms with Crippen molar-refractivity contribution in [2.24, 2.45) is 0 Å². The molecule has 2 heterocycles. The predicted octanol–water partition coefficient (Wildman–Crippen LogP) is 3.41. The summed E-state index contributed by atoms with van der Waals surface area (Å²) in [5.74, 6) is 0. The highest BCUT2D eigenvalue weighted by molar-refractivity contribution is 7.16. The Kier molecular flexibility index (Phi) is 3.59. The van der Waals surface area contributed by atoms with Crippen molar-refractivity contribution in [3.63, 3.8) is 0 Å². The van der Waals surface area contributed by atoms with Crippen LogP contribution in [-0.2, 0) is 0 Å². The summed E-state index contributed by atoms with van der Waals surface area (Å²) in [4.78, 5) is 5.39. The molecule has 0 saturated carbocycles. The van der Waals surface area contributed by atoms with E-state index in [2.05, 4.69) is 23.3 Å². The molecule has 0 aliphatic rings. The van der Waals surface area contributed by atoms with Crippen molar-refractivity contribution in [1.82, 2.24) is 10.3 Å². The molecule has 4 heteroatoms. The second-order valence-corrected chi connectivity index (χ2v) is 5.34. The Morgan fingerprint density at radius 2 is 2.19 bits per heavy atom. The summed E-state index contributed by atoms with van der Waals surface area (Å²) >= 11 is 7.56. The third-order valence-electron chi connectivity index (χ3n) is 2.56. The van der Waals surface area contributed by atoms with Crippen molar-refractivity contribution < 1.29 is 0 Å². The average Bonchev–Trinajstić information content (AvgIpc) is 2.69. The van der Waals surface area contributed by atoms with E-state index < -0.39 is 0 Å². The third kappa shape index (κ3) is 2.26. The molecule has 2 rings (SSSR count). The summed E-state index contributed by atoms with van der Waals surface area (Å²) in [6.45, 7) is 2.09. The summed E-state index contributed by atoms with van der Waals surface area (Å²) in [6, 6.07) is 6.18. The summed E-state index contributed by atoms with van der Waals surface area (Å²) < 4.78 is 0.816. The van der Waals surface area contributed by atoms with Crippen LogP contribution in [0.4, 0.5) is 0 Å². The van der Waals surface area contributed by atoms with Gasteiger partial charge < -0.3 is 5.32 Å². The molecule has 16 heavy (non-hydrogen) atoms. The zero-order chi connectivity index (χ0) is 11.5. The lowest BCUT2D eigenvalue weighted by molar-refractivity contribution is 0.696. The number of aromatic nitrogens is 1. The first kappa shape index (κ1) is 11.6. The lowest BCUT2D eigenvalue weighted by atomic mass is 10.0. The fourth-order valence-corrected chi connectivity index (χ4v) is 2.90. The number of pyridine rings is 1. The fourth-order valence-electron chi connectivity index (χ4n) is 1.71. The zero-order valence-corrected chi connectivity index (χ0v) is 10.8. The van der Waals surface area contributed by atoms with Gasteiger partial charge in [-0.15, -0.1) is 11.3 Å². The van der Waals surface area contributed by atoms with Crippen LogP contribution in [0, 0.1) is 6.92 Å². The van der Waals surface area contributed by atoms with Crippen molar-refractivity contribution in [2.75, 3.05) is 7.05 Å². The molecule has 0 spiro atoms. The molecule has 0 fully saturated rings. The molecule has 0 aliphatic heterocycles. The molecule has 0 aliphatic carbocycles. The molecule has 0 aromatic carbocycles. The number of rotatable bonds is 3. The minimum Gasteiger partial charge on any atom is -0.309 e. The topological polar surface area (TPSA) is 24.9 Å². The number of nitrogens with one attached hydrogen (secondary N) is 1. The van der Waals surface area contributed by atoms with Gasteiger partial charge in [0.2, 0.25) is 0 Å². The molecule has 1 atom stereocenters. The molecule has 1 N–H and O–H groups in total. The highest BCUT2D eigenvalue weighted by Crippen LogP contribution is 2.31. The number of thiophene rings is 1. The van der Waals surface area contributed by atoms with Crippen LogP contribution in [-0.4, -0.2) is 12.0 Å². The van der Waals surface area contributed by atoms with Gasteiger partial charge in [-0.3, -0.25) is 4.98 Å². The maximum Gasteiger partial charge on any atom is 0.0931 e. The normalized spacial score (nSPS) is 12.7. The highest BCUT2D eigenvalue weighted by Gasteiger charge is 2.15. The van der Waals surface area contributed by atoms with Crippen LogP contribution in [0.15, 0.2) is 30.6 Å². The molecule has 1 unspecified atom stereocenters. The molecule has 0 bridgehead atoms. The second-order valence-electron chi connectivity index (χ2n) is 3.60. The van der Waals surface area contributed by atoms with Crippen molar-refractivity contribution in [2.45, 2.75) is 13.0 Å². The van der Waals surface area contributed by atoms with Crippen LogP contribution in [0.3, 0.4) is 0 Å². The Morgan fingerprint density at radius 1 is 1.38 bits per heavy atom. The molecular formula is C12H13ClN2S. The average molecular weight is 253 g/mol. The smallest absolute Gasteiger partial charge is 0.0931 e. The van der Waals surface area contributed by atoms with Gasteiger partial charge in [-0.25, -0.2) is 0 Å². The Morgan fingerprint density at radius 3 is 2.75 bits per heavy atom. The van der Waals surface area contributed by atoms with Crippen LogP contribution in [0.25, 0.3) is 0 Å². The van der Waals surface area contributed by atoms with E-state index in [1.807, 2.05) is 31.6 Å². The number of aryl methyl sites for hydroxylation is 1. The Bertz CT molecular complexity index is 481. The summed E-state index contributed by atoms with van der Waals surface area (Å²) in [5.41, 5.74) is 2.43. The number of halogens is 1. The molecule has 2 nitrogen and oxygen atoms in total. The maximum atomic E-state index is 5.96. The van der Waals surface area contributed by atoms with Gasteiger partial charge in [0.15, 0.2) is 0 Å². The molecule has 0 radical (unpaired) electrons. The minimum atomic E-state index is 0.172. The molecule has 84 valence electrons. The molecule has 2 aromatic rings. The third-order valence-corrected chi connectivity index (χ3v) is 3.85. The first-order valence-electron chi connectivity index (χ1n) is 5.05. The number of hydrogen-bond donors (Lipinski definition) is 1. The van der Waals surface area contributed by atoms with E-state index in [9.17, 15) is 0 Å². The van der Waals surface area contributed by atoms with Crippen LogP contribution in [0.2, 0.25) is 4.34 Å². The number of hydrogen-bond acceptors (Lipinski definition) is 3. The molecular weight excluding hydrogens is 240 g/mol. The van der Waals surface area contributed by atoms with Crippen molar-refractivity contribution in [1.29, 1.82) is 0 Å². The van der Waals surface area contributed by atoms with E-state index in [4.69, 9.17) is 11.6 Å². The SMILES string of the molecule is CNC(c1ccc(Cl)s1)c1cnccc1C. The highest BCUT2D eigenvalue weighted by atomic mass is 35.5. The molecule has 0 amide bonds. The Labute approximate surface area is 104 Å². The van der Waals surface area contributed by atoms with Gasteiger partial charge in [0, 0.05) is 17.3 Å². The Hall–Kier alpha value is -0.900. The van der Waals surface area contributed by atoms with Gasteiger partial charge in [-0.05, 0) is 43.3 Å². The van der Waals surface area contributed by atoms with Gasteiger partial charge >= 0.3 is 0 Å². The van der Waals surface area contributed by atoms with Crippen LogP contribution in [0.5, 0.6) is 0 Å². The van der Waals surface area contributed by atoms with Crippen LogP contribution in [0.1, 0.15) is 22.0 Å². The van der Waals surface area contributed by atoms with Gasteiger partial charge in [-0.2, -0.15) is 0 Å². The van der Waals surface area contributed by atoms with Gasteiger partial charge in [0.1, 0.15) is 0 Å². The monoisotopic (exact) mass is 252 g/mol. The van der Waals surface area contributed by atoms with E-state index >= 15 is 0 Å². The lowest BCUT2D eigenvalue weighted by Gasteiger charge is -2.16. The van der Waals surface area contributed by atoms with Crippen molar-refractivity contribution in [3.8, 4) is 0 Å². The minimum absolute atomic E-state index is 0.172. The summed E-state index contributed by atoms with van der Waals surface area (Å²) in [6.07, 6.45) is 3.72. The maximum absolute atomic E-state index is 5.96. The van der Waals surface area contributed by atoms with Crippen molar-refractivity contribution in [3.05, 3.63) is 50.9 Å². The van der Waals surface area contributed by atoms with Crippen molar-refractivity contribution >= 4 is 22.9 Å². The van der Waals surface area contributed by atoms with Crippen LogP contribution < -0.4 is 5.32 Å². The Balaban J connectivity index is 2.40. The molecule has 0 saturated heterocycles.